The maximum atomic E-state index is 12.0. The Balaban J connectivity index is 1.85. The van der Waals surface area contributed by atoms with Gasteiger partial charge in [-0.2, -0.15) is 0 Å². The Morgan fingerprint density at radius 1 is 1.19 bits per heavy atom. The van der Waals surface area contributed by atoms with Crippen molar-refractivity contribution in [1.82, 2.24) is 20.3 Å². The molecule has 26 heavy (non-hydrogen) atoms. The first-order valence-electron chi connectivity index (χ1n) is 7.92. The molecule has 0 unspecified atom stereocenters. The Kier molecular flexibility index (Phi) is 6.09. The number of carbonyl (C=O) groups is 2. The van der Waals surface area contributed by atoms with Crippen molar-refractivity contribution in [2.75, 3.05) is 11.6 Å². The summed E-state index contributed by atoms with van der Waals surface area (Å²) in [7, 11) is -3.24. The quantitative estimate of drug-likeness (QED) is 0.726. The van der Waals surface area contributed by atoms with Crippen LogP contribution in [0.15, 0.2) is 35.4 Å². The predicted octanol–water partition coefficient (Wildman–Crippen LogP) is 0.592. The van der Waals surface area contributed by atoms with Gasteiger partial charge in [0.25, 0.3) is 0 Å². The molecule has 0 fully saturated rings. The number of aromatic nitrogens is 3. The maximum Gasteiger partial charge on any atom is 0.242 e. The first kappa shape index (κ1) is 19.6. The largest absolute Gasteiger partial charge is 0.350 e. The van der Waals surface area contributed by atoms with Gasteiger partial charge < -0.3 is 10.6 Å². The Morgan fingerprint density at radius 3 is 2.42 bits per heavy atom. The van der Waals surface area contributed by atoms with Crippen molar-refractivity contribution >= 4 is 27.5 Å². The van der Waals surface area contributed by atoms with E-state index in [1.807, 2.05) is 0 Å². The summed E-state index contributed by atoms with van der Waals surface area (Å²) in [5.41, 5.74) is 0.772. The molecule has 1 heterocycles. The van der Waals surface area contributed by atoms with Crippen molar-refractivity contribution in [3.05, 3.63) is 36.0 Å². The van der Waals surface area contributed by atoms with E-state index in [-0.39, 0.29) is 41.5 Å². The van der Waals surface area contributed by atoms with E-state index in [4.69, 9.17) is 0 Å². The molecule has 1 aromatic heterocycles. The minimum Gasteiger partial charge on any atom is -0.350 e. The molecule has 0 saturated carbocycles. The van der Waals surface area contributed by atoms with Crippen LogP contribution in [0.4, 0.5) is 5.82 Å². The van der Waals surface area contributed by atoms with Crippen molar-refractivity contribution in [2.45, 2.75) is 31.8 Å². The Labute approximate surface area is 151 Å². The number of benzene rings is 1. The fourth-order valence-electron chi connectivity index (χ4n) is 1.96. The first-order chi connectivity index (χ1) is 12.1. The predicted molar refractivity (Wildman–Crippen MR) is 94.9 cm³/mol. The van der Waals surface area contributed by atoms with E-state index < -0.39 is 9.84 Å². The Morgan fingerprint density at radius 2 is 1.85 bits per heavy atom. The van der Waals surface area contributed by atoms with Gasteiger partial charge in [0.05, 0.1) is 11.1 Å². The van der Waals surface area contributed by atoms with Crippen molar-refractivity contribution in [2.24, 2.45) is 5.92 Å². The highest BCUT2D eigenvalue weighted by atomic mass is 32.2. The van der Waals surface area contributed by atoms with Crippen LogP contribution in [-0.2, 0) is 32.5 Å². The number of anilines is 1. The molecule has 0 spiro atoms. The summed E-state index contributed by atoms with van der Waals surface area (Å²) in [6.45, 7) is 3.73. The van der Waals surface area contributed by atoms with Crippen LogP contribution < -0.4 is 10.6 Å². The molecule has 2 aromatic rings. The highest BCUT2D eigenvalue weighted by molar-refractivity contribution is 7.90. The minimum absolute atomic E-state index is 0.0496. The molecule has 0 aliphatic rings. The lowest BCUT2D eigenvalue weighted by molar-refractivity contribution is -0.122. The van der Waals surface area contributed by atoms with Crippen LogP contribution in [0.3, 0.4) is 0 Å². The minimum atomic E-state index is -3.24. The fraction of sp³-hybridized carbons (Fsp3) is 0.375. The lowest BCUT2D eigenvalue weighted by atomic mass is 10.2. The third kappa shape index (κ3) is 5.66. The molecule has 2 rings (SSSR count). The SMILES string of the molecule is CC(C)C(=O)Nc1cn(CC(=O)NCc2ccc(S(C)(=O)=O)cc2)nn1. The van der Waals surface area contributed by atoms with E-state index in [9.17, 15) is 18.0 Å². The average Bonchev–Trinajstić information content (AvgIpc) is 2.99. The van der Waals surface area contributed by atoms with Crippen LogP contribution in [0, 0.1) is 5.92 Å². The molecule has 0 atom stereocenters. The smallest absolute Gasteiger partial charge is 0.242 e. The number of carbonyl (C=O) groups excluding carboxylic acids is 2. The van der Waals surface area contributed by atoms with E-state index >= 15 is 0 Å². The molecule has 0 radical (unpaired) electrons. The lowest BCUT2D eigenvalue weighted by Crippen LogP contribution is -2.27. The van der Waals surface area contributed by atoms with Crippen molar-refractivity contribution in [3.63, 3.8) is 0 Å². The molecule has 1 aromatic carbocycles. The molecule has 0 saturated heterocycles. The second kappa shape index (κ2) is 8.09. The van der Waals surface area contributed by atoms with Crippen LogP contribution in [-0.4, -0.2) is 41.5 Å². The van der Waals surface area contributed by atoms with Gasteiger partial charge in [0.2, 0.25) is 11.8 Å². The molecular weight excluding hydrogens is 358 g/mol. The Bertz CT molecular complexity index is 888. The molecule has 140 valence electrons. The van der Waals surface area contributed by atoms with Gasteiger partial charge in [-0.05, 0) is 17.7 Å². The summed E-state index contributed by atoms with van der Waals surface area (Å²) in [4.78, 5) is 23.8. The zero-order valence-electron chi connectivity index (χ0n) is 14.8. The number of sulfone groups is 1. The van der Waals surface area contributed by atoms with E-state index in [1.165, 1.54) is 23.0 Å². The Hall–Kier alpha value is -2.75. The van der Waals surface area contributed by atoms with Crippen LogP contribution in [0.25, 0.3) is 0 Å². The van der Waals surface area contributed by atoms with Crippen LogP contribution in [0.5, 0.6) is 0 Å². The number of nitrogens with zero attached hydrogens (tertiary/aromatic N) is 3. The van der Waals surface area contributed by atoms with Crippen molar-refractivity contribution < 1.29 is 18.0 Å². The third-order valence-electron chi connectivity index (χ3n) is 3.46. The monoisotopic (exact) mass is 379 g/mol. The average molecular weight is 379 g/mol. The van der Waals surface area contributed by atoms with Gasteiger partial charge in [-0.3, -0.25) is 9.59 Å². The number of amides is 2. The molecule has 9 nitrogen and oxygen atoms in total. The van der Waals surface area contributed by atoms with Crippen LogP contribution >= 0.6 is 0 Å². The van der Waals surface area contributed by atoms with Gasteiger partial charge in [0.15, 0.2) is 15.7 Å². The van der Waals surface area contributed by atoms with Crippen LogP contribution in [0.1, 0.15) is 19.4 Å². The second-order valence-corrected chi connectivity index (χ2v) is 8.15. The molecule has 2 amide bonds. The maximum absolute atomic E-state index is 12.0. The highest BCUT2D eigenvalue weighted by Gasteiger charge is 2.11. The topological polar surface area (TPSA) is 123 Å². The van der Waals surface area contributed by atoms with Crippen molar-refractivity contribution in [1.29, 1.82) is 0 Å². The van der Waals surface area contributed by atoms with E-state index in [2.05, 4.69) is 20.9 Å². The molecule has 0 bridgehead atoms. The van der Waals surface area contributed by atoms with E-state index in [0.717, 1.165) is 11.8 Å². The fourth-order valence-corrected chi connectivity index (χ4v) is 2.59. The second-order valence-electron chi connectivity index (χ2n) is 6.14. The lowest BCUT2D eigenvalue weighted by Gasteiger charge is -2.06. The summed E-state index contributed by atoms with van der Waals surface area (Å²) in [6, 6.07) is 6.28. The number of hydrogen-bond acceptors (Lipinski definition) is 6. The summed E-state index contributed by atoms with van der Waals surface area (Å²) in [5, 5.41) is 12.9. The van der Waals surface area contributed by atoms with Gasteiger partial charge in [-0.1, -0.05) is 31.2 Å². The summed E-state index contributed by atoms with van der Waals surface area (Å²) >= 11 is 0. The summed E-state index contributed by atoms with van der Waals surface area (Å²) < 4.78 is 24.1. The van der Waals surface area contributed by atoms with Gasteiger partial charge >= 0.3 is 0 Å². The van der Waals surface area contributed by atoms with Gasteiger partial charge in [-0.15, -0.1) is 5.10 Å². The van der Waals surface area contributed by atoms with E-state index in [1.54, 1.807) is 26.0 Å². The molecule has 0 aliphatic heterocycles. The van der Waals surface area contributed by atoms with Gasteiger partial charge in [0, 0.05) is 18.7 Å². The summed E-state index contributed by atoms with van der Waals surface area (Å²) in [5.74, 6) is -0.367. The molecule has 10 heteroatoms. The third-order valence-corrected chi connectivity index (χ3v) is 4.59. The first-order valence-corrected chi connectivity index (χ1v) is 9.81. The summed E-state index contributed by atoms with van der Waals surface area (Å²) in [6.07, 6.45) is 2.61. The zero-order chi connectivity index (χ0) is 19.3. The standard InChI is InChI=1S/C16H21N5O4S/c1-11(2)16(23)18-14-9-21(20-19-14)10-15(22)17-8-12-4-6-13(7-5-12)26(3,24)25/h4-7,9,11H,8,10H2,1-3H3,(H,17,22)(H,18,23). The van der Waals surface area contributed by atoms with Gasteiger partial charge in [0.1, 0.15) is 6.54 Å². The normalized spacial score (nSPS) is 11.4. The van der Waals surface area contributed by atoms with Gasteiger partial charge in [-0.25, -0.2) is 13.1 Å². The van der Waals surface area contributed by atoms with Crippen molar-refractivity contribution in [3.8, 4) is 0 Å². The number of hydrogen-bond donors (Lipinski definition) is 2. The highest BCUT2D eigenvalue weighted by Crippen LogP contribution is 2.10. The number of nitrogens with one attached hydrogen (secondary N) is 2. The molecular formula is C16H21N5O4S. The molecule has 0 aliphatic carbocycles. The van der Waals surface area contributed by atoms with E-state index in [0.29, 0.717) is 0 Å². The molecule has 2 N–H and O–H groups in total. The number of rotatable bonds is 7. The van der Waals surface area contributed by atoms with Crippen LogP contribution in [0.2, 0.25) is 0 Å². The zero-order valence-corrected chi connectivity index (χ0v) is 15.6.